The number of hydrogen-bond acceptors (Lipinski definition) is 7. The normalized spacial score (nSPS) is 24.1. The van der Waals surface area contributed by atoms with Crippen molar-refractivity contribution in [3.05, 3.63) is 24.7 Å². The van der Waals surface area contributed by atoms with Gasteiger partial charge in [0.1, 0.15) is 12.3 Å². The first-order valence-corrected chi connectivity index (χ1v) is 11.1. The SMILES string of the molecule is CC(Oc1nc(-c2cnn(C3CCN(C)CC3)c2)cc2nn(C)cc12)C1CNC(O)C1. The van der Waals surface area contributed by atoms with Crippen molar-refractivity contribution in [2.45, 2.75) is 44.6 Å². The minimum Gasteiger partial charge on any atom is -0.474 e. The van der Waals surface area contributed by atoms with Crippen LogP contribution in [0.5, 0.6) is 5.88 Å². The quantitative estimate of drug-likeness (QED) is 0.644. The van der Waals surface area contributed by atoms with Crippen molar-refractivity contribution in [2.24, 2.45) is 13.0 Å². The highest BCUT2D eigenvalue weighted by molar-refractivity contribution is 5.86. The fourth-order valence-corrected chi connectivity index (χ4v) is 4.65. The number of aryl methyl sites for hydroxylation is 1. The summed E-state index contributed by atoms with van der Waals surface area (Å²) in [5, 5.41) is 23.0. The van der Waals surface area contributed by atoms with E-state index in [2.05, 4.69) is 38.3 Å². The highest BCUT2D eigenvalue weighted by Crippen LogP contribution is 2.31. The molecule has 0 radical (unpaired) electrons. The molecule has 9 nitrogen and oxygen atoms in total. The third-order valence-electron chi connectivity index (χ3n) is 6.65. The highest BCUT2D eigenvalue weighted by Gasteiger charge is 2.29. The van der Waals surface area contributed by atoms with Gasteiger partial charge in [0.25, 0.3) is 0 Å². The van der Waals surface area contributed by atoms with Crippen molar-refractivity contribution in [2.75, 3.05) is 26.7 Å². The van der Waals surface area contributed by atoms with E-state index >= 15 is 0 Å². The van der Waals surface area contributed by atoms with Gasteiger partial charge in [-0.15, -0.1) is 0 Å². The van der Waals surface area contributed by atoms with Crippen molar-refractivity contribution >= 4 is 10.9 Å². The van der Waals surface area contributed by atoms with Crippen LogP contribution in [0.2, 0.25) is 0 Å². The number of ether oxygens (including phenoxy) is 1. The number of aliphatic hydroxyl groups is 1. The molecule has 0 amide bonds. The Labute approximate surface area is 182 Å². The first-order valence-electron chi connectivity index (χ1n) is 11.1. The number of aromatic nitrogens is 5. The van der Waals surface area contributed by atoms with Crippen LogP contribution in [0.4, 0.5) is 0 Å². The summed E-state index contributed by atoms with van der Waals surface area (Å²) in [6.45, 7) is 4.97. The molecule has 3 unspecified atom stereocenters. The van der Waals surface area contributed by atoms with Crippen LogP contribution in [0.15, 0.2) is 24.7 Å². The van der Waals surface area contributed by atoms with E-state index in [0.717, 1.165) is 54.6 Å². The lowest BCUT2D eigenvalue weighted by Gasteiger charge is -2.28. The maximum Gasteiger partial charge on any atom is 0.225 e. The van der Waals surface area contributed by atoms with Gasteiger partial charge >= 0.3 is 0 Å². The second-order valence-electron chi connectivity index (χ2n) is 9.03. The molecule has 2 aliphatic rings. The fourth-order valence-electron chi connectivity index (χ4n) is 4.65. The lowest BCUT2D eigenvalue weighted by molar-refractivity contribution is 0.125. The van der Waals surface area contributed by atoms with Crippen LogP contribution in [0.25, 0.3) is 22.2 Å². The maximum absolute atomic E-state index is 9.80. The van der Waals surface area contributed by atoms with Crippen LogP contribution in [0.1, 0.15) is 32.2 Å². The Hall–Kier alpha value is -2.49. The van der Waals surface area contributed by atoms with Gasteiger partial charge in [0.15, 0.2) is 0 Å². The van der Waals surface area contributed by atoms with Gasteiger partial charge in [-0.25, -0.2) is 4.98 Å². The number of fused-ring (bicyclic) bond motifs is 1. The van der Waals surface area contributed by atoms with Crippen LogP contribution < -0.4 is 10.1 Å². The summed E-state index contributed by atoms with van der Waals surface area (Å²) < 4.78 is 10.2. The van der Waals surface area contributed by atoms with Crippen molar-refractivity contribution in [3.63, 3.8) is 0 Å². The Morgan fingerprint density at radius 3 is 2.77 bits per heavy atom. The van der Waals surface area contributed by atoms with Gasteiger partial charge in [-0.05, 0) is 52.4 Å². The monoisotopic (exact) mass is 425 g/mol. The Morgan fingerprint density at radius 2 is 2.03 bits per heavy atom. The largest absolute Gasteiger partial charge is 0.474 e. The van der Waals surface area contributed by atoms with Gasteiger partial charge < -0.3 is 14.7 Å². The Balaban J connectivity index is 1.43. The zero-order valence-electron chi connectivity index (χ0n) is 18.4. The lowest BCUT2D eigenvalue weighted by Crippen LogP contribution is -2.31. The first-order chi connectivity index (χ1) is 15.0. The van der Waals surface area contributed by atoms with E-state index < -0.39 is 6.23 Å². The Bertz CT molecular complexity index is 1050. The van der Waals surface area contributed by atoms with Gasteiger partial charge in [0.2, 0.25) is 5.88 Å². The van der Waals surface area contributed by atoms with E-state index in [1.165, 1.54) is 0 Å². The number of hydrogen-bond donors (Lipinski definition) is 2. The van der Waals surface area contributed by atoms with Gasteiger partial charge in [-0.1, -0.05) is 0 Å². The minimum atomic E-state index is -0.459. The molecule has 3 aromatic rings. The molecule has 3 atom stereocenters. The summed E-state index contributed by atoms with van der Waals surface area (Å²) >= 11 is 0. The van der Waals surface area contributed by atoms with Crippen LogP contribution in [0, 0.1) is 5.92 Å². The third kappa shape index (κ3) is 4.17. The second-order valence-corrected chi connectivity index (χ2v) is 9.03. The number of aliphatic hydroxyl groups excluding tert-OH is 1. The molecule has 3 aromatic heterocycles. The van der Waals surface area contributed by atoms with E-state index in [-0.39, 0.29) is 12.0 Å². The molecule has 2 saturated heterocycles. The predicted molar refractivity (Wildman–Crippen MR) is 118 cm³/mol. The van der Waals surface area contributed by atoms with Crippen LogP contribution in [-0.4, -0.2) is 73.6 Å². The predicted octanol–water partition coefficient (Wildman–Crippen LogP) is 1.79. The summed E-state index contributed by atoms with van der Waals surface area (Å²) in [6.07, 6.45) is 8.29. The molecule has 0 aromatic carbocycles. The van der Waals surface area contributed by atoms with Crippen molar-refractivity contribution in [1.82, 2.24) is 34.8 Å². The minimum absolute atomic E-state index is 0.0715. The summed E-state index contributed by atoms with van der Waals surface area (Å²) in [5.74, 6) is 0.820. The van der Waals surface area contributed by atoms with E-state index in [0.29, 0.717) is 18.3 Å². The van der Waals surface area contributed by atoms with E-state index in [1.54, 1.807) is 4.68 Å². The molecule has 5 heterocycles. The Morgan fingerprint density at radius 1 is 1.23 bits per heavy atom. The van der Waals surface area contributed by atoms with Crippen LogP contribution >= 0.6 is 0 Å². The molecule has 166 valence electrons. The molecule has 0 saturated carbocycles. The first kappa shape index (κ1) is 20.4. The average molecular weight is 426 g/mol. The number of piperidine rings is 1. The van der Waals surface area contributed by atoms with E-state index in [9.17, 15) is 5.11 Å². The molecule has 2 aliphatic heterocycles. The second kappa shape index (κ2) is 8.22. The number of likely N-dealkylation sites (tertiary alicyclic amines) is 1. The molecular formula is C22H31N7O2. The molecule has 2 fully saturated rings. The lowest BCUT2D eigenvalue weighted by atomic mass is 10.0. The zero-order chi connectivity index (χ0) is 21.5. The topological polar surface area (TPSA) is 93.3 Å². The molecule has 5 rings (SSSR count). The Kier molecular flexibility index (Phi) is 5.41. The molecule has 9 heteroatoms. The number of nitrogens with zero attached hydrogens (tertiary/aromatic N) is 6. The van der Waals surface area contributed by atoms with Crippen LogP contribution in [-0.2, 0) is 7.05 Å². The third-order valence-corrected chi connectivity index (χ3v) is 6.65. The van der Waals surface area contributed by atoms with Crippen molar-refractivity contribution < 1.29 is 9.84 Å². The van der Waals surface area contributed by atoms with Gasteiger partial charge in [-0.2, -0.15) is 10.2 Å². The number of nitrogens with one attached hydrogen (secondary N) is 1. The zero-order valence-corrected chi connectivity index (χ0v) is 18.4. The molecule has 0 bridgehead atoms. The molecule has 31 heavy (non-hydrogen) atoms. The summed E-state index contributed by atoms with van der Waals surface area (Å²) in [4.78, 5) is 7.23. The summed E-state index contributed by atoms with van der Waals surface area (Å²) in [7, 11) is 4.07. The average Bonchev–Trinajstić information content (AvgIpc) is 3.47. The maximum atomic E-state index is 9.80. The van der Waals surface area contributed by atoms with E-state index in [4.69, 9.17) is 9.72 Å². The molecule has 2 N–H and O–H groups in total. The van der Waals surface area contributed by atoms with Gasteiger partial charge in [0, 0.05) is 37.5 Å². The fraction of sp³-hybridized carbons (Fsp3) is 0.591. The standard InChI is InChI=1S/C22H31N7O2/c1-14(15-8-21(30)23-10-15)31-22-18-13-28(3)26-20(18)9-19(25-22)16-11-24-29(12-16)17-4-6-27(2)7-5-17/h9,11-15,17,21,23,30H,4-8,10H2,1-3H3. The van der Waals surface area contributed by atoms with Gasteiger partial charge in [0.05, 0.1) is 28.8 Å². The highest BCUT2D eigenvalue weighted by atomic mass is 16.5. The number of pyridine rings is 1. The summed E-state index contributed by atoms with van der Waals surface area (Å²) in [5.41, 5.74) is 2.64. The summed E-state index contributed by atoms with van der Waals surface area (Å²) in [6, 6.07) is 2.43. The molecule has 0 spiro atoms. The van der Waals surface area contributed by atoms with Crippen LogP contribution in [0.3, 0.4) is 0 Å². The molecule has 0 aliphatic carbocycles. The number of rotatable bonds is 5. The van der Waals surface area contributed by atoms with Gasteiger partial charge in [-0.3, -0.25) is 14.7 Å². The molecular weight excluding hydrogens is 394 g/mol. The smallest absolute Gasteiger partial charge is 0.225 e. The van der Waals surface area contributed by atoms with Crippen molar-refractivity contribution in [3.8, 4) is 17.1 Å². The van der Waals surface area contributed by atoms with Crippen molar-refractivity contribution in [1.29, 1.82) is 0 Å². The van der Waals surface area contributed by atoms with E-state index in [1.807, 2.05) is 32.4 Å².